The van der Waals surface area contributed by atoms with E-state index in [4.69, 9.17) is 9.47 Å². The fourth-order valence-corrected chi connectivity index (χ4v) is 1.86. The first kappa shape index (κ1) is 16.2. The van der Waals surface area contributed by atoms with Crippen molar-refractivity contribution in [1.29, 1.82) is 0 Å². The first-order valence-corrected chi connectivity index (χ1v) is 6.75. The third kappa shape index (κ3) is 5.45. The molecule has 0 aliphatic carbocycles. The molecule has 0 saturated carbocycles. The van der Waals surface area contributed by atoms with Gasteiger partial charge in [0.15, 0.2) is 0 Å². The molecule has 4 nitrogen and oxygen atoms in total. The van der Waals surface area contributed by atoms with Crippen molar-refractivity contribution in [2.24, 2.45) is 0 Å². The van der Waals surface area contributed by atoms with E-state index in [1.807, 2.05) is 24.3 Å². The van der Waals surface area contributed by atoms with Gasteiger partial charge in [0, 0.05) is 32.9 Å². The molecule has 110 valence electrons. The quantitative estimate of drug-likeness (QED) is 0.541. The summed E-state index contributed by atoms with van der Waals surface area (Å²) in [5, 5.41) is 0. The second-order valence-electron chi connectivity index (χ2n) is 4.41. The Balaban J connectivity index is 2.55. The number of rotatable bonds is 8. The molecule has 0 N–H and O–H groups in total. The Labute approximate surface area is 121 Å². The van der Waals surface area contributed by atoms with Crippen molar-refractivity contribution < 1.29 is 14.3 Å². The lowest BCUT2D eigenvalue weighted by molar-refractivity contribution is -0.116. The maximum atomic E-state index is 11.7. The first-order valence-electron chi connectivity index (χ1n) is 6.75. The monoisotopic (exact) mass is 277 g/mol. The van der Waals surface area contributed by atoms with Crippen LogP contribution in [0.4, 0.5) is 5.69 Å². The molecule has 0 atom stereocenters. The topological polar surface area (TPSA) is 38.8 Å². The van der Waals surface area contributed by atoms with E-state index in [9.17, 15) is 4.79 Å². The van der Waals surface area contributed by atoms with E-state index >= 15 is 0 Å². The van der Waals surface area contributed by atoms with Gasteiger partial charge in [0.25, 0.3) is 0 Å². The van der Waals surface area contributed by atoms with Crippen LogP contribution in [-0.4, -0.2) is 33.3 Å². The Kier molecular flexibility index (Phi) is 7.43. The highest BCUT2D eigenvalue weighted by atomic mass is 16.5. The molecule has 0 heterocycles. The van der Waals surface area contributed by atoms with Crippen LogP contribution < -0.4 is 9.64 Å². The average molecular weight is 277 g/mol. The highest BCUT2D eigenvalue weighted by Gasteiger charge is 2.10. The number of ether oxygens (including phenoxy) is 2. The summed E-state index contributed by atoms with van der Waals surface area (Å²) in [6, 6.07) is 7.52. The fraction of sp³-hybridized carbons (Fsp3) is 0.438. The summed E-state index contributed by atoms with van der Waals surface area (Å²) < 4.78 is 10.1. The molecule has 1 amide bonds. The molecule has 0 radical (unpaired) electrons. The van der Waals surface area contributed by atoms with Crippen LogP contribution in [0.3, 0.4) is 0 Å². The summed E-state index contributed by atoms with van der Waals surface area (Å²) >= 11 is 0. The first-order chi connectivity index (χ1) is 9.69. The highest BCUT2D eigenvalue weighted by molar-refractivity contribution is 5.91. The Morgan fingerprint density at radius 1 is 1.15 bits per heavy atom. The van der Waals surface area contributed by atoms with E-state index < -0.39 is 0 Å². The Hall–Kier alpha value is -1.81. The second-order valence-corrected chi connectivity index (χ2v) is 4.41. The number of amides is 1. The minimum absolute atomic E-state index is 0.0421. The van der Waals surface area contributed by atoms with Crippen LogP contribution in [0.15, 0.2) is 36.4 Å². The predicted octanol–water partition coefficient (Wildman–Crippen LogP) is 3.03. The Morgan fingerprint density at radius 2 is 1.80 bits per heavy atom. The Bertz CT molecular complexity index is 426. The van der Waals surface area contributed by atoms with Gasteiger partial charge in [0.05, 0.1) is 7.11 Å². The number of benzene rings is 1. The van der Waals surface area contributed by atoms with Gasteiger partial charge in [-0.15, -0.1) is 0 Å². The summed E-state index contributed by atoms with van der Waals surface area (Å²) in [4.78, 5) is 13.5. The van der Waals surface area contributed by atoms with Gasteiger partial charge < -0.3 is 14.4 Å². The van der Waals surface area contributed by atoms with E-state index in [2.05, 4.69) is 12.2 Å². The van der Waals surface area contributed by atoms with Crippen LogP contribution in [0, 0.1) is 0 Å². The van der Waals surface area contributed by atoms with Crippen molar-refractivity contribution in [3.8, 4) is 5.75 Å². The lowest BCUT2D eigenvalue weighted by atomic mass is 10.2. The lowest BCUT2D eigenvalue weighted by Crippen LogP contribution is -2.29. The van der Waals surface area contributed by atoms with Crippen LogP contribution in [0.25, 0.3) is 0 Å². The summed E-state index contributed by atoms with van der Waals surface area (Å²) in [5.41, 5.74) is 0.892. The van der Waals surface area contributed by atoms with Crippen molar-refractivity contribution in [1.82, 2.24) is 0 Å². The van der Waals surface area contributed by atoms with Gasteiger partial charge in [-0.2, -0.15) is 0 Å². The van der Waals surface area contributed by atoms with Gasteiger partial charge in [0.1, 0.15) is 5.75 Å². The molecule has 0 aliphatic rings. The molecule has 20 heavy (non-hydrogen) atoms. The van der Waals surface area contributed by atoms with Crippen molar-refractivity contribution in [3.63, 3.8) is 0 Å². The lowest BCUT2D eigenvalue weighted by Gasteiger charge is -2.20. The molecule has 0 spiro atoms. The molecule has 1 aromatic rings. The van der Waals surface area contributed by atoms with Crippen molar-refractivity contribution in [2.75, 3.05) is 32.3 Å². The minimum atomic E-state index is 0.0421. The zero-order chi connectivity index (χ0) is 14.8. The molecule has 0 aromatic heterocycles. The van der Waals surface area contributed by atoms with Gasteiger partial charge in [0.2, 0.25) is 5.91 Å². The maximum absolute atomic E-state index is 11.7. The number of anilines is 1. The number of hydrogen-bond donors (Lipinski definition) is 0. The van der Waals surface area contributed by atoms with Gasteiger partial charge >= 0.3 is 0 Å². The predicted molar refractivity (Wildman–Crippen MR) is 81.3 cm³/mol. The van der Waals surface area contributed by atoms with Crippen molar-refractivity contribution >= 4 is 11.6 Å². The van der Waals surface area contributed by atoms with E-state index in [1.165, 1.54) is 0 Å². The summed E-state index contributed by atoms with van der Waals surface area (Å²) in [6.07, 6.45) is 5.89. The zero-order valence-corrected chi connectivity index (χ0v) is 12.5. The fourth-order valence-electron chi connectivity index (χ4n) is 1.86. The SMILES string of the molecule is COCC/C=C/CCN(C(C)=O)c1ccc(OC)cc1. The molecule has 0 aliphatic heterocycles. The molecule has 1 rings (SSSR count). The van der Waals surface area contributed by atoms with Gasteiger partial charge in [-0.1, -0.05) is 12.2 Å². The van der Waals surface area contributed by atoms with Gasteiger partial charge in [-0.05, 0) is 37.1 Å². The van der Waals surface area contributed by atoms with Crippen LogP contribution in [0.2, 0.25) is 0 Å². The van der Waals surface area contributed by atoms with E-state index in [0.29, 0.717) is 6.54 Å². The molecule has 0 unspecified atom stereocenters. The van der Waals surface area contributed by atoms with Gasteiger partial charge in [-0.25, -0.2) is 0 Å². The third-order valence-electron chi connectivity index (χ3n) is 2.94. The van der Waals surface area contributed by atoms with E-state index in [0.717, 1.165) is 30.9 Å². The Morgan fingerprint density at radius 3 is 2.35 bits per heavy atom. The number of carbonyl (C=O) groups is 1. The molecule has 4 heteroatoms. The molecule has 0 saturated heterocycles. The van der Waals surface area contributed by atoms with Crippen LogP contribution in [0.1, 0.15) is 19.8 Å². The molecule has 1 aromatic carbocycles. The summed E-state index contributed by atoms with van der Waals surface area (Å²) in [7, 11) is 3.32. The van der Waals surface area contributed by atoms with Gasteiger partial charge in [-0.3, -0.25) is 4.79 Å². The van der Waals surface area contributed by atoms with Crippen LogP contribution >= 0.6 is 0 Å². The number of methoxy groups -OCH3 is 2. The number of nitrogens with zero attached hydrogens (tertiary/aromatic N) is 1. The minimum Gasteiger partial charge on any atom is -0.497 e. The third-order valence-corrected chi connectivity index (χ3v) is 2.94. The zero-order valence-electron chi connectivity index (χ0n) is 12.5. The standard InChI is InChI=1S/C16H23NO3/c1-14(18)17(12-6-4-5-7-13-19-2)15-8-10-16(20-3)11-9-15/h4-5,8-11H,6-7,12-13H2,1-3H3/b5-4+. The molecule has 0 fully saturated rings. The normalized spacial score (nSPS) is 10.8. The van der Waals surface area contributed by atoms with E-state index in [-0.39, 0.29) is 5.91 Å². The summed E-state index contributed by atoms with van der Waals surface area (Å²) in [5.74, 6) is 0.831. The smallest absolute Gasteiger partial charge is 0.223 e. The van der Waals surface area contributed by atoms with Crippen LogP contribution in [-0.2, 0) is 9.53 Å². The maximum Gasteiger partial charge on any atom is 0.223 e. The molecular weight excluding hydrogens is 254 g/mol. The average Bonchev–Trinajstić information content (AvgIpc) is 2.46. The van der Waals surface area contributed by atoms with Crippen LogP contribution in [0.5, 0.6) is 5.75 Å². The van der Waals surface area contributed by atoms with Crippen molar-refractivity contribution in [2.45, 2.75) is 19.8 Å². The van der Waals surface area contributed by atoms with E-state index in [1.54, 1.807) is 26.0 Å². The van der Waals surface area contributed by atoms with Crippen molar-refractivity contribution in [3.05, 3.63) is 36.4 Å². The summed E-state index contributed by atoms with van der Waals surface area (Å²) in [6.45, 7) is 2.98. The second kappa shape index (κ2) is 9.15. The largest absolute Gasteiger partial charge is 0.497 e. The molecule has 0 bridgehead atoms. The number of carbonyl (C=O) groups excluding carboxylic acids is 1. The highest BCUT2D eigenvalue weighted by Crippen LogP contribution is 2.19. The molecular formula is C16H23NO3. The number of hydrogen-bond acceptors (Lipinski definition) is 3.